The number of para-hydroxylation sites is 2. The van der Waals surface area contributed by atoms with Crippen LogP contribution in [0.15, 0.2) is 36.9 Å². The highest BCUT2D eigenvalue weighted by atomic mass is 15.3. The van der Waals surface area contributed by atoms with Crippen LogP contribution in [-0.2, 0) is 0 Å². The van der Waals surface area contributed by atoms with E-state index in [0.717, 1.165) is 23.8 Å². The lowest BCUT2D eigenvalue weighted by atomic mass is 9.85. The number of nitrogens with zero attached hydrogens (tertiary/aromatic N) is 3. The number of hydrogen-bond donors (Lipinski definition) is 1. The summed E-state index contributed by atoms with van der Waals surface area (Å²) >= 11 is 0. The first-order valence-corrected chi connectivity index (χ1v) is 6.11. The van der Waals surface area contributed by atoms with Crippen LogP contribution in [0.25, 0.3) is 5.69 Å². The molecule has 1 fully saturated rings. The highest BCUT2D eigenvalue weighted by Gasteiger charge is 2.17. The Bertz CT molecular complexity index is 474. The zero-order chi connectivity index (χ0) is 11.5. The normalized spacial score (nSPS) is 15.5. The molecule has 1 N–H and O–H groups in total. The van der Waals surface area contributed by atoms with Crippen LogP contribution in [0.3, 0.4) is 0 Å². The molecule has 0 atom stereocenters. The molecule has 1 aliphatic rings. The molecule has 0 bridgehead atoms. The van der Waals surface area contributed by atoms with Gasteiger partial charge in [-0.2, -0.15) is 5.10 Å². The van der Waals surface area contributed by atoms with Crippen molar-refractivity contribution in [3.63, 3.8) is 0 Å². The molecule has 1 saturated carbocycles. The molecule has 0 unspecified atom stereocenters. The van der Waals surface area contributed by atoms with Gasteiger partial charge in [-0.05, 0) is 30.9 Å². The Labute approximate surface area is 101 Å². The number of hydrogen-bond acceptors (Lipinski definition) is 3. The monoisotopic (exact) mass is 228 g/mol. The van der Waals surface area contributed by atoms with Crippen LogP contribution < -0.4 is 5.32 Å². The van der Waals surface area contributed by atoms with Crippen LogP contribution in [0.2, 0.25) is 0 Å². The summed E-state index contributed by atoms with van der Waals surface area (Å²) in [6, 6.07) is 8.21. The Morgan fingerprint density at radius 1 is 1.29 bits per heavy atom. The molecule has 0 saturated heterocycles. The van der Waals surface area contributed by atoms with E-state index in [-0.39, 0.29) is 0 Å². The first-order valence-electron chi connectivity index (χ1n) is 6.11. The van der Waals surface area contributed by atoms with E-state index >= 15 is 0 Å². The third-order valence-electron chi connectivity index (χ3n) is 3.38. The Hall–Kier alpha value is -1.84. The first-order chi connectivity index (χ1) is 8.43. The molecule has 1 aromatic heterocycles. The van der Waals surface area contributed by atoms with Gasteiger partial charge in [0.2, 0.25) is 0 Å². The van der Waals surface area contributed by atoms with Crippen molar-refractivity contribution in [3.05, 3.63) is 36.9 Å². The number of anilines is 1. The average Bonchev–Trinajstić information content (AvgIpc) is 2.81. The second-order valence-electron chi connectivity index (χ2n) is 4.54. The summed E-state index contributed by atoms with van der Waals surface area (Å²) in [6.07, 6.45) is 7.39. The molecular weight excluding hydrogens is 212 g/mol. The van der Waals surface area contributed by atoms with Gasteiger partial charge in [-0.1, -0.05) is 18.6 Å². The van der Waals surface area contributed by atoms with Gasteiger partial charge in [-0.25, -0.2) is 9.67 Å². The van der Waals surface area contributed by atoms with Crippen molar-refractivity contribution in [1.82, 2.24) is 14.8 Å². The summed E-state index contributed by atoms with van der Waals surface area (Å²) in [4.78, 5) is 3.99. The Balaban J connectivity index is 1.78. The fourth-order valence-electron chi connectivity index (χ4n) is 2.11. The van der Waals surface area contributed by atoms with Gasteiger partial charge in [0.05, 0.1) is 11.4 Å². The highest BCUT2D eigenvalue weighted by Crippen LogP contribution is 2.27. The topological polar surface area (TPSA) is 42.7 Å². The highest BCUT2D eigenvalue weighted by molar-refractivity contribution is 5.60. The zero-order valence-corrected chi connectivity index (χ0v) is 9.71. The van der Waals surface area contributed by atoms with E-state index in [4.69, 9.17) is 0 Å². The average molecular weight is 228 g/mol. The summed E-state index contributed by atoms with van der Waals surface area (Å²) in [7, 11) is 0. The van der Waals surface area contributed by atoms with Gasteiger partial charge in [-0.15, -0.1) is 0 Å². The van der Waals surface area contributed by atoms with Crippen LogP contribution in [0.4, 0.5) is 5.69 Å². The number of nitrogens with one attached hydrogen (secondary N) is 1. The summed E-state index contributed by atoms with van der Waals surface area (Å²) in [5, 5.41) is 7.69. The van der Waals surface area contributed by atoms with Crippen LogP contribution in [-0.4, -0.2) is 21.3 Å². The molecule has 4 heteroatoms. The van der Waals surface area contributed by atoms with Gasteiger partial charge in [0.25, 0.3) is 0 Å². The van der Waals surface area contributed by atoms with Crippen molar-refractivity contribution >= 4 is 5.69 Å². The predicted octanol–water partition coefficient (Wildman–Crippen LogP) is 2.48. The molecule has 4 nitrogen and oxygen atoms in total. The smallest absolute Gasteiger partial charge is 0.138 e. The van der Waals surface area contributed by atoms with Gasteiger partial charge >= 0.3 is 0 Å². The Morgan fingerprint density at radius 2 is 2.18 bits per heavy atom. The molecule has 3 rings (SSSR count). The van der Waals surface area contributed by atoms with E-state index < -0.39 is 0 Å². The van der Waals surface area contributed by atoms with Crippen molar-refractivity contribution in [1.29, 1.82) is 0 Å². The van der Waals surface area contributed by atoms with Crippen LogP contribution >= 0.6 is 0 Å². The molecule has 0 amide bonds. The van der Waals surface area contributed by atoms with Crippen molar-refractivity contribution in [2.75, 3.05) is 11.9 Å². The Kier molecular flexibility index (Phi) is 2.78. The summed E-state index contributed by atoms with van der Waals surface area (Å²) < 4.78 is 1.79. The first kappa shape index (κ1) is 10.3. The van der Waals surface area contributed by atoms with E-state index in [1.54, 1.807) is 17.3 Å². The van der Waals surface area contributed by atoms with Crippen molar-refractivity contribution in [2.45, 2.75) is 19.3 Å². The molecule has 1 heterocycles. The van der Waals surface area contributed by atoms with E-state index in [2.05, 4.69) is 27.5 Å². The molecule has 0 spiro atoms. The molecule has 17 heavy (non-hydrogen) atoms. The van der Waals surface area contributed by atoms with Gasteiger partial charge in [0.1, 0.15) is 12.7 Å². The second kappa shape index (κ2) is 4.57. The number of aromatic nitrogens is 3. The second-order valence-corrected chi connectivity index (χ2v) is 4.54. The van der Waals surface area contributed by atoms with Gasteiger partial charge < -0.3 is 5.32 Å². The molecular formula is C13H16N4. The predicted molar refractivity (Wildman–Crippen MR) is 67.2 cm³/mol. The van der Waals surface area contributed by atoms with E-state index in [1.807, 2.05) is 12.1 Å². The third-order valence-corrected chi connectivity index (χ3v) is 3.38. The van der Waals surface area contributed by atoms with Gasteiger partial charge in [0.15, 0.2) is 0 Å². The lowest BCUT2D eigenvalue weighted by molar-refractivity contribution is 0.333. The standard InChI is InChI=1S/C13H16N4/c1-2-7-13(17-10-14-9-16-17)12(6-1)15-8-11-4-3-5-11/h1-2,6-7,9-11,15H,3-5,8H2. The third kappa shape index (κ3) is 2.16. The summed E-state index contributed by atoms with van der Waals surface area (Å²) in [5.74, 6) is 0.846. The summed E-state index contributed by atoms with van der Waals surface area (Å²) in [6.45, 7) is 1.06. The molecule has 1 aromatic carbocycles. The molecule has 2 aromatic rings. The maximum atomic E-state index is 4.17. The fraction of sp³-hybridized carbons (Fsp3) is 0.385. The van der Waals surface area contributed by atoms with Crippen molar-refractivity contribution in [2.24, 2.45) is 5.92 Å². The van der Waals surface area contributed by atoms with Crippen molar-refractivity contribution in [3.8, 4) is 5.69 Å². The number of benzene rings is 1. The Morgan fingerprint density at radius 3 is 2.88 bits per heavy atom. The van der Waals surface area contributed by atoms with E-state index in [0.29, 0.717) is 0 Å². The largest absolute Gasteiger partial charge is 0.383 e. The van der Waals surface area contributed by atoms with Gasteiger partial charge in [-0.3, -0.25) is 0 Å². The maximum absolute atomic E-state index is 4.17. The van der Waals surface area contributed by atoms with E-state index in [9.17, 15) is 0 Å². The SMILES string of the molecule is c1ccc(-n2cncn2)c(NCC2CCC2)c1. The zero-order valence-electron chi connectivity index (χ0n) is 9.71. The number of rotatable bonds is 4. The van der Waals surface area contributed by atoms with Crippen LogP contribution in [0.5, 0.6) is 0 Å². The lowest BCUT2D eigenvalue weighted by Gasteiger charge is -2.26. The van der Waals surface area contributed by atoms with Crippen molar-refractivity contribution < 1.29 is 0 Å². The van der Waals surface area contributed by atoms with Crippen LogP contribution in [0, 0.1) is 5.92 Å². The van der Waals surface area contributed by atoms with E-state index in [1.165, 1.54) is 19.3 Å². The van der Waals surface area contributed by atoms with Gasteiger partial charge in [0, 0.05) is 6.54 Å². The summed E-state index contributed by atoms with van der Waals surface area (Å²) in [5.41, 5.74) is 2.19. The van der Waals surface area contributed by atoms with Crippen LogP contribution in [0.1, 0.15) is 19.3 Å². The molecule has 0 radical (unpaired) electrons. The fourth-order valence-corrected chi connectivity index (χ4v) is 2.11. The maximum Gasteiger partial charge on any atom is 0.138 e. The minimum absolute atomic E-state index is 0.846. The minimum Gasteiger partial charge on any atom is -0.383 e. The minimum atomic E-state index is 0.846. The molecule has 0 aliphatic heterocycles. The quantitative estimate of drug-likeness (QED) is 0.874. The lowest BCUT2D eigenvalue weighted by Crippen LogP contribution is -2.21. The molecule has 88 valence electrons. The molecule has 1 aliphatic carbocycles.